The Morgan fingerprint density at radius 2 is 1.76 bits per heavy atom. The number of piperidine rings is 3. The van der Waals surface area contributed by atoms with Gasteiger partial charge in [0, 0.05) is 43.4 Å². The topological polar surface area (TPSA) is 98.2 Å². The van der Waals surface area contributed by atoms with Crippen molar-refractivity contribution in [2.45, 2.75) is 136 Å². The minimum Gasteiger partial charge on any atom is -0.497 e. The SMILES string of the molecule is C=C[C@H]1CN2CC[C@H]1C[C@H]2[C@H](O)c1cc(CC[C@@H](C)[C@H]2CC[C@H]3[C@@H]4[C@H](OC(C)=O)C[C@@H]5C[C@H](OC(C)=O)CC[C@]5(C)[C@H]4CC[C@]23C)nc2ccc(OC)cc12. The maximum atomic E-state index is 12.6. The zero-order chi connectivity index (χ0) is 38.8. The first-order chi connectivity index (χ1) is 26.3. The van der Waals surface area contributed by atoms with Crippen LogP contribution in [0.1, 0.15) is 123 Å². The van der Waals surface area contributed by atoms with Gasteiger partial charge in [0.15, 0.2) is 0 Å². The van der Waals surface area contributed by atoms with Gasteiger partial charge in [-0.05, 0) is 166 Å². The molecule has 7 fully saturated rings. The molecule has 55 heavy (non-hydrogen) atoms. The Kier molecular flexibility index (Phi) is 10.7. The van der Waals surface area contributed by atoms with Crippen LogP contribution in [-0.2, 0) is 25.5 Å². The maximum Gasteiger partial charge on any atom is 0.302 e. The predicted octanol–water partition coefficient (Wildman–Crippen LogP) is 8.87. The summed E-state index contributed by atoms with van der Waals surface area (Å²) in [6, 6.07) is 8.39. The van der Waals surface area contributed by atoms with Gasteiger partial charge in [-0.25, -0.2) is 0 Å². The van der Waals surface area contributed by atoms with Gasteiger partial charge in [0.1, 0.15) is 18.0 Å². The van der Waals surface area contributed by atoms with E-state index >= 15 is 0 Å². The number of nitrogens with zero attached hydrogens (tertiary/aromatic N) is 2. The van der Waals surface area contributed by atoms with Crippen LogP contribution in [0.15, 0.2) is 36.9 Å². The lowest BCUT2D eigenvalue weighted by Crippen LogP contribution is -2.59. The number of carbonyl (C=O) groups is 2. The third-order valence-corrected chi connectivity index (χ3v) is 16.8. The van der Waals surface area contributed by atoms with Crippen LogP contribution >= 0.6 is 0 Å². The molecule has 4 heterocycles. The van der Waals surface area contributed by atoms with Crippen molar-refractivity contribution in [3.63, 3.8) is 0 Å². The predicted molar refractivity (Wildman–Crippen MR) is 214 cm³/mol. The number of ether oxygens (including phenoxy) is 3. The molecule has 300 valence electrons. The molecule has 3 aliphatic heterocycles. The standard InChI is InChI=1S/C47H66N2O6/c1-8-30-26-49-20-17-31(30)21-42(49)45(52)37-24-33(48-41-14-11-34(53-7)25-36(37)41)10-9-27(2)38-12-13-39-44-40(16-19-47(38,39)6)46(5)18-15-35(54-28(3)50)22-32(46)23-43(44)55-29(4)51/h8,11,14,24-25,27,30-32,35,38-40,42-45,52H,1,9-10,12-13,15-23,26H2,2-7H3/t27-,30+,31+,32+,35-,38-,39+,40+,42+,43-,44+,45-,46+,47-/m1/s1. The van der Waals surface area contributed by atoms with Gasteiger partial charge in [-0.2, -0.15) is 0 Å². The van der Waals surface area contributed by atoms with Gasteiger partial charge in [-0.15, -0.1) is 6.58 Å². The molecule has 0 amide bonds. The van der Waals surface area contributed by atoms with E-state index in [2.05, 4.69) is 56.5 Å². The van der Waals surface area contributed by atoms with Crippen molar-refractivity contribution < 1.29 is 28.9 Å². The van der Waals surface area contributed by atoms with E-state index in [1.54, 1.807) is 14.0 Å². The number of rotatable bonds is 10. The molecule has 1 aromatic carbocycles. The first-order valence-electron chi connectivity index (χ1n) is 21.7. The van der Waals surface area contributed by atoms with Crippen molar-refractivity contribution in [1.82, 2.24) is 9.88 Å². The monoisotopic (exact) mass is 754 g/mol. The molecule has 1 aromatic heterocycles. The summed E-state index contributed by atoms with van der Waals surface area (Å²) in [6.45, 7) is 16.8. The minimum absolute atomic E-state index is 0.0276. The second-order valence-corrected chi connectivity index (χ2v) is 19.4. The second kappa shape index (κ2) is 15.1. The average molecular weight is 755 g/mol. The average Bonchev–Trinajstić information content (AvgIpc) is 3.53. The van der Waals surface area contributed by atoms with E-state index in [0.29, 0.717) is 47.3 Å². The molecule has 2 bridgehead atoms. The molecule has 8 nitrogen and oxygen atoms in total. The van der Waals surface area contributed by atoms with Crippen LogP contribution in [0.3, 0.4) is 0 Å². The Labute approximate surface area is 329 Å². The maximum absolute atomic E-state index is 12.6. The Morgan fingerprint density at radius 3 is 2.47 bits per heavy atom. The van der Waals surface area contributed by atoms with Crippen LogP contribution in [0.2, 0.25) is 0 Å². The van der Waals surface area contributed by atoms with Crippen molar-refractivity contribution >= 4 is 22.8 Å². The normalized spacial score (nSPS) is 40.3. The Balaban J connectivity index is 1.01. The summed E-state index contributed by atoms with van der Waals surface area (Å²) in [5.41, 5.74) is 3.34. The molecule has 3 saturated heterocycles. The fourth-order valence-corrected chi connectivity index (χ4v) is 14.1. The number of aryl methyl sites for hydroxylation is 1. The molecule has 1 N–H and O–H groups in total. The van der Waals surface area contributed by atoms with E-state index in [1.807, 2.05) is 6.07 Å². The number of pyridine rings is 1. The number of aromatic nitrogens is 1. The Bertz CT molecular complexity index is 1780. The molecule has 2 aromatic rings. The van der Waals surface area contributed by atoms with E-state index in [9.17, 15) is 14.7 Å². The molecule has 1 unspecified atom stereocenters. The summed E-state index contributed by atoms with van der Waals surface area (Å²) in [5, 5.41) is 13.1. The first kappa shape index (κ1) is 38.9. The minimum atomic E-state index is -0.592. The van der Waals surface area contributed by atoms with Gasteiger partial charge in [-0.1, -0.05) is 26.8 Å². The van der Waals surface area contributed by atoms with Crippen molar-refractivity contribution in [1.29, 1.82) is 0 Å². The number of hydrogen-bond donors (Lipinski definition) is 1. The number of hydrogen-bond acceptors (Lipinski definition) is 8. The van der Waals surface area contributed by atoms with E-state index in [4.69, 9.17) is 19.2 Å². The molecule has 4 aliphatic carbocycles. The highest BCUT2D eigenvalue weighted by atomic mass is 16.5. The Morgan fingerprint density at radius 1 is 1.00 bits per heavy atom. The van der Waals surface area contributed by atoms with E-state index in [-0.39, 0.29) is 41.0 Å². The smallest absolute Gasteiger partial charge is 0.302 e. The number of fused-ring (bicyclic) bond motifs is 9. The molecule has 8 heteroatoms. The highest BCUT2D eigenvalue weighted by Gasteiger charge is 2.64. The summed E-state index contributed by atoms with van der Waals surface area (Å²) in [7, 11) is 1.70. The number of benzene rings is 1. The summed E-state index contributed by atoms with van der Waals surface area (Å²) in [5.74, 6) is 4.45. The highest BCUT2D eigenvalue weighted by Crippen LogP contribution is 2.69. The fraction of sp³-hybridized carbons (Fsp3) is 0.723. The second-order valence-electron chi connectivity index (χ2n) is 19.4. The summed E-state index contributed by atoms with van der Waals surface area (Å²) in [4.78, 5) is 32.2. The van der Waals surface area contributed by atoms with E-state index < -0.39 is 6.10 Å². The fourth-order valence-electron chi connectivity index (χ4n) is 14.1. The van der Waals surface area contributed by atoms with Crippen LogP contribution < -0.4 is 4.74 Å². The zero-order valence-corrected chi connectivity index (χ0v) is 34.3. The summed E-state index contributed by atoms with van der Waals surface area (Å²) in [6.07, 6.45) is 14.1. The number of carbonyl (C=O) groups excluding carboxylic acids is 2. The van der Waals surface area contributed by atoms with Gasteiger partial charge in [0.05, 0.1) is 18.7 Å². The molecule has 0 radical (unpaired) electrons. The van der Waals surface area contributed by atoms with Crippen molar-refractivity contribution in [2.24, 2.45) is 58.2 Å². The van der Waals surface area contributed by atoms with Crippen LogP contribution in [0.4, 0.5) is 0 Å². The van der Waals surface area contributed by atoms with Crippen molar-refractivity contribution in [2.75, 3.05) is 20.2 Å². The van der Waals surface area contributed by atoms with Gasteiger partial charge in [-0.3, -0.25) is 19.5 Å². The third-order valence-electron chi connectivity index (χ3n) is 16.8. The van der Waals surface area contributed by atoms with E-state index in [1.165, 1.54) is 39.0 Å². The van der Waals surface area contributed by atoms with Gasteiger partial charge >= 0.3 is 11.9 Å². The summed E-state index contributed by atoms with van der Waals surface area (Å²) < 4.78 is 17.7. The van der Waals surface area contributed by atoms with Crippen LogP contribution in [0, 0.1) is 58.2 Å². The molecular formula is C47H66N2O6. The van der Waals surface area contributed by atoms with Crippen molar-refractivity contribution in [3.05, 3.63) is 48.2 Å². The van der Waals surface area contributed by atoms with Crippen molar-refractivity contribution in [3.8, 4) is 5.75 Å². The molecule has 0 spiro atoms. The van der Waals surface area contributed by atoms with Crippen LogP contribution in [-0.4, -0.2) is 65.4 Å². The zero-order valence-electron chi connectivity index (χ0n) is 34.3. The molecule has 9 rings (SSSR count). The molecule has 7 aliphatic rings. The number of methoxy groups -OCH3 is 1. The number of aliphatic hydroxyl groups is 1. The third kappa shape index (κ3) is 6.93. The lowest BCUT2D eigenvalue weighted by molar-refractivity contribution is -0.197. The molecular weight excluding hydrogens is 689 g/mol. The number of esters is 2. The lowest BCUT2D eigenvalue weighted by atomic mass is 9.43. The molecule has 4 saturated carbocycles. The van der Waals surface area contributed by atoms with Crippen LogP contribution in [0.5, 0.6) is 5.75 Å². The largest absolute Gasteiger partial charge is 0.497 e. The highest BCUT2D eigenvalue weighted by molar-refractivity contribution is 5.84. The molecule has 15 atom stereocenters. The quantitative estimate of drug-likeness (QED) is 0.190. The van der Waals surface area contributed by atoms with Crippen LogP contribution in [0.25, 0.3) is 10.9 Å². The van der Waals surface area contributed by atoms with Gasteiger partial charge in [0.25, 0.3) is 0 Å². The first-order valence-corrected chi connectivity index (χ1v) is 21.7. The summed E-state index contributed by atoms with van der Waals surface area (Å²) >= 11 is 0. The Hall–Kier alpha value is -2.97. The van der Waals surface area contributed by atoms with Gasteiger partial charge < -0.3 is 19.3 Å². The number of aliphatic hydroxyl groups excluding tert-OH is 1. The van der Waals surface area contributed by atoms with E-state index in [0.717, 1.165) is 85.9 Å². The van der Waals surface area contributed by atoms with Gasteiger partial charge in [0.2, 0.25) is 0 Å². The lowest BCUT2D eigenvalue weighted by Gasteiger charge is -2.62.